The minimum absolute atomic E-state index is 0.168. The molecular weight excluding hydrogens is 198 g/mol. The summed E-state index contributed by atoms with van der Waals surface area (Å²) in [5.41, 5.74) is 0. The maximum atomic E-state index is 11.7. The normalized spacial score (nSPS) is 16.5. The van der Waals surface area contributed by atoms with Crippen LogP contribution in [0.3, 0.4) is 0 Å². The highest BCUT2D eigenvalue weighted by Gasteiger charge is 2.23. The van der Waals surface area contributed by atoms with Crippen molar-refractivity contribution in [3.8, 4) is 0 Å². The lowest BCUT2D eigenvalue weighted by molar-refractivity contribution is -0.119. The highest BCUT2D eigenvalue weighted by Crippen LogP contribution is 2.06. The van der Waals surface area contributed by atoms with Crippen molar-refractivity contribution in [2.24, 2.45) is 0 Å². The van der Waals surface area contributed by atoms with Gasteiger partial charge in [-0.2, -0.15) is 0 Å². The summed E-state index contributed by atoms with van der Waals surface area (Å²) in [6.07, 6.45) is 2.24. The van der Waals surface area contributed by atoms with Crippen LogP contribution in [0, 0.1) is 0 Å². The van der Waals surface area contributed by atoms with Gasteiger partial charge in [0, 0.05) is 32.2 Å². The SMILES string of the molecule is O=CN1CCN(C(=O)c2ccno2)CC1. The van der Waals surface area contributed by atoms with E-state index in [2.05, 4.69) is 5.16 Å². The van der Waals surface area contributed by atoms with Crippen LogP contribution in [0.4, 0.5) is 0 Å². The predicted molar refractivity (Wildman–Crippen MR) is 50.0 cm³/mol. The summed E-state index contributed by atoms with van der Waals surface area (Å²) in [6, 6.07) is 1.54. The topological polar surface area (TPSA) is 66.7 Å². The summed E-state index contributed by atoms with van der Waals surface area (Å²) in [5, 5.41) is 3.48. The van der Waals surface area contributed by atoms with Gasteiger partial charge >= 0.3 is 0 Å². The molecule has 6 nitrogen and oxygen atoms in total. The van der Waals surface area contributed by atoms with Crippen LogP contribution in [0.5, 0.6) is 0 Å². The lowest BCUT2D eigenvalue weighted by Gasteiger charge is -2.31. The number of aromatic nitrogens is 1. The van der Waals surface area contributed by atoms with Gasteiger partial charge in [-0.05, 0) is 0 Å². The second-order valence-electron chi connectivity index (χ2n) is 3.31. The summed E-state index contributed by atoms with van der Waals surface area (Å²) >= 11 is 0. The quantitative estimate of drug-likeness (QED) is 0.621. The largest absolute Gasteiger partial charge is 0.351 e. The minimum Gasteiger partial charge on any atom is -0.351 e. The first-order valence-corrected chi connectivity index (χ1v) is 4.70. The molecule has 1 saturated heterocycles. The molecule has 0 N–H and O–H groups in total. The molecule has 80 valence electrons. The molecule has 0 bridgehead atoms. The van der Waals surface area contributed by atoms with Crippen LogP contribution >= 0.6 is 0 Å². The fourth-order valence-corrected chi connectivity index (χ4v) is 1.51. The van der Waals surface area contributed by atoms with E-state index in [9.17, 15) is 9.59 Å². The number of hydrogen-bond acceptors (Lipinski definition) is 4. The molecule has 0 aliphatic carbocycles. The van der Waals surface area contributed by atoms with Crippen LogP contribution in [0.1, 0.15) is 10.6 Å². The summed E-state index contributed by atoms with van der Waals surface area (Å²) in [4.78, 5) is 25.5. The average Bonchev–Trinajstić information content (AvgIpc) is 2.82. The number of piperazine rings is 1. The number of hydrogen-bond donors (Lipinski definition) is 0. The Balaban J connectivity index is 1.96. The molecule has 1 aliphatic heterocycles. The summed E-state index contributed by atoms with van der Waals surface area (Å²) in [7, 11) is 0. The molecule has 0 spiro atoms. The first kappa shape index (κ1) is 9.70. The van der Waals surface area contributed by atoms with Gasteiger partial charge in [0.15, 0.2) is 0 Å². The second kappa shape index (κ2) is 4.12. The molecular formula is C9H11N3O3. The van der Waals surface area contributed by atoms with E-state index < -0.39 is 0 Å². The maximum Gasteiger partial charge on any atom is 0.292 e. The van der Waals surface area contributed by atoms with Gasteiger partial charge in [0.05, 0.1) is 6.20 Å². The third kappa shape index (κ3) is 1.98. The van der Waals surface area contributed by atoms with Crippen molar-refractivity contribution in [1.29, 1.82) is 0 Å². The fourth-order valence-electron chi connectivity index (χ4n) is 1.51. The van der Waals surface area contributed by atoms with Crippen LogP contribution in [-0.4, -0.2) is 53.5 Å². The van der Waals surface area contributed by atoms with Gasteiger partial charge in [-0.25, -0.2) is 0 Å². The van der Waals surface area contributed by atoms with Crippen molar-refractivity contribution in [1.82, 2.24) is 15.0 Å². The van der Waals surface area contributed by atoms with Gasteiger partial charge in [-0.1, -0.05) is 5.16 Å². The van der Waals surface area contributed by atoms with Crippen LogP contribution in [0.25, 0.3) is 0 Å². The van der Waals surface area contributed by atoms with Gasteiger partial charge in [0.25, 0.3) is 5.91 Å². The highest BCUT2D eigenvalue weighted by atomic mass is 16.5. The van der Waals surface area contributed by atoms with Crippen LogP contribution < -0.4 is 0 Å². The van der Waals surface area contributed by atoms with Gasteiger partial charge in [-0.3, -0.25) is 9.59 Å². The molecule has 0 unspecified atom stereocenters. The Morgan fingerprint density at radius 3 is 2.67 bits per heavy atom. The highest BCUT2D eigenvalue weighted by molar-refractivity contribution is 5.91. The molecule has 1 fully saturated rings. The Bertz CT molecular complexity index is 341. The van der Waals surface area contributed by atoms with Gasteiger partial charge in [0.2, 0.25) is 12.2 Å². The lowest BCUT2D eigenvalue weighted by atomic mass is 10.3. The van der Waals surface area contributed by atoms with Gasteiger partial charge < -0.3 is 14.3 Å². The van der Waals surface area contributed by atoms with Crippen molar-refractivity contribution >= 4 is 12.3 Å². The van der Waals surface area contributed by atoms with Crippen molar-refractivity contribution in [2.75, 3.05) is 26.2 Å². The fraction of sp³-hybridized carbons (Fsp3) is 0.444. The Labute approximate surface area is 86.4 Å². The number of carbonyl (C=O) groups excluding carboxylic acids is 2. The molecule has 2 heterocycles. The molecule has 0 atom stereocenters. The van der Waals surface area contributed by atoms with Crippen LogP contribution in [0.15, 0.2) is 16.8 Å². The molecule has 1 aromatic rings. The number of amides is 2. The Hall–Kier alpha value is -1.85. The summed E-state index contributed by atoms with van der Waals surface area (Å²) in [5.74, 6) is 0.0765. The molecule has 15 heavy (non-hydrogen) atoms. The zero-order valence-electron chi connectivity index (χ0n) is 8.13. The van der Waals surface area contributed by atoms with Gasteiger partial charge in [0.1, 0.15) is 0 Å². The molecule has 0 saturated carbocycles. The minimum atomic E-state index is -0.168. The summed E-state index contributed by atoms with van der Waals surface area (Å²) < 4.78 is 4.78. The zero-order valence-corrected chi connectivity index (χ0v) is 8.13. The Kier molecular flexibility index (Phi) is 2.66. The van der Waals surface area contributed by atoms with E-state index in [-0.39, 0.29) is 11.7 Å². The van der Waals surface area contributed by atoms with E-state index in [0.29, 0.717) is 26.2 Å². The van der Waals surface area contributed by atoms with E-state index in [0.717, 1.165) is 6.41 Å². The molecule has 2 rings (SSSR count). The molecule has 2 amide bonds. The molecule has 0 aromatic carbocycles. The third-order valence-electron chi connectivity index (χ3n) is 2.40. The molecule has 1 aromatic heterocycles. The third-order valence-corrected chi connectivity index (χ3v) is 2.40. The van der Waals surface area contributed by atoms with E-state index in [4.69, 9.17) is 4.52 Å². The molecule has 1 aliphatic rings. The second-order valence-corrected chi connectivity index (χ2v) is 3.31. The molecule has 0 radical (unpaired) electrons. The maximum absolute atomic E-state index is 11.7. The Morgan fingerprint density at radius 2 is 2.13 bits per heavy atom. The Morgan fingerprint density at radius 1 is 1.40 bits per heavy atom. The monoisotopic (exact) mass is 209 g/mol. The average molecular weight is 209 g/mol. The lowest BCUT2D eigenvalue weighted by Crippen LogP contribution is -2.48. The first-order chi connectivity index (χ1) is 7.31. The zero-order chi connectivity index (χ0) is 10.7. The standard InChI is InChI=1S/C9H11N3O3/c13-7-11-3-5-12(6-4-11)9(14)8-1-2-10-15-8/h1-2,7H,3-6H2. The van der Waals surface area contributed by atoms with Crippen LogP contribution in [0.2, 0.25) is 0 Å². The first-order valence-electron chi connectivity index (χ1n) is 4.70. The number of carbonyl (C=O) groups is 2. The number of nitrogens with zero attached hydrogens (tertiary/aromatic N) is 3. The van der Waals surface area contributed by atoms with Crippen molar-refractivity contribution < 1.29 is 14.1 Å². The van der Waals surface area contributed by atoms with Crippen LogP contribution in [-0.2, 0) is 4.79 Å². The van der Waals surface area contributed by atoms with E-state index in [1.54, 1.807) is 9.80 Å². The van der Waals surface area contributed by atoms with E-state index in [1.807, 2.05) is 0 Å². The molecule has 6 heteroatoms. The predicted octanol–water partition coefficient (Wildman–Crippen LogP) is -0.411. The van der Waals surface area contributed by atoms with Gasteiger partial charge in [-0.15, -0.1) is 0 Å². The van der Waals surface area contributed by atoms with Crippen molar-refractivity contribution in [2.45, 2.75) is 0 Å². The van der Waals surface area contributed by atoms with Crippen molar-refractivity contribution in [3.63, 3.8) is 0 Å². The van der Waals surface area contributed by atoms with Crippen molar-refractivity contribution in [3.05, 3.63) is 18.0 Å². The van der Waals surface area contributed by atoms with E-state index in [1.165, 1.54) is 12.3 Å². The smallest absolute Gasteiger partial charge is 0.292 e. The van der Waals surface area contributed by atoms with E-state index >= 15 is 0 Å². The number of rotatable bonds is 2. The summed E-state index contributed by atoms with van der Waals surface area (Å²) in [6.45, 7) is 2.23.